The first-order valence-electron chi connectivity index (χ1n) is 6.47. The van der Waals surface area contributed by atoms with Crippen LogP contribution in [0.5, 0.6) is 0 Å². The van der Waals surface area contributed by atoms with Gasteiger partial charge in [0.05, 0.1) is 17.3 Å². The number of rotatable bonds is 4. The number of hydrogen-bond donors (Lipinski definition) is 2. The van der Waals surface area contributed by atoms with Crippen LogP contribution in [0.2, 0.25) is 5.02 Å². The van der Waals surface area contributed by atoms with Gasteiger partial charge in [-0.1, -0.05) is 41.4 Å². The van der Waals surface area contributed by atoms with Gasteiger partial charge in [-0.15, -0.1) is 0 Å². The van der Waals surface area contributed by atoms with Crippen LogP contribution in [0.1, 0.15) is 31.8 Å². The first-order valence-corrected chi connectivity index (χ1v) is 6.84. The number of halogens is 1. The highest BCUT2D eigenvalue weighted by Gasteiger charge is 2.15. The van der Waals surface area contributed by atoms with Crippen molar-refractivity contribution < 1.29 is 9.59 Å². The number of primary amides is 1. The van der Waals surface area contributed by atoms with E-state index in [0.717, 1.165) is 11.1 Å². The maximum atomic E-state index is 12.1. The lowest BCUT2D eigenvalue weighted by atomic mass is 10.1. The summed E-state index contributed by atoms with van der Waals surface area (Å²) in [5, 5.41) is 4.19. The number of hydrogen-bond acceptors (Lipinski definition) is 3. The zero-order chi connectivity index (χ0) is 16.1. The minimum absolute atomic E-state index is 0.0843. The lowest BCUT2D eigenvalue weighted by Gasteiger charge is -2.05. The molecule has 2 aromatic rings. The minimum Gasteiger partial charge on any atom is -0.366 e. The summed E-state index contributed by atoms with van der Waals surface area (Å²) in [6.07, 6.45) is 1.51. The van der Waals surface area contributed by atoms with E-state index in [1.807, 2.05) is 31.2 Å². The fourth-order valence-corrected chi connectivity index (χ4v) is 1.97. The molecule has 3 N–H and O–H groups in total. The summed E-state index contributed by atoms with van der Waals surface area (Å²) in [6.45, 7) is 1.98. The highest BCUT2D eigenvalue weighted by Crippen LogP contribution is 2.15. The van der Waals surface area contributed by atoms with Crippen molar-refractivity contribution in [1.29, 1.82) is 0 Å². The van der Waals surface area contributed by atoms with Crippen LogP contribution < -0.4 is 11.2 Å². The fraction of sp³-hybridized carbons (Fsp3) is 0.0625. The number of nitrogens with two attached hydrogens (primary N) is 1. The van der Waals surface area contributed by atoms with E-state index < -0.39 is 11.8 Å². The van der Waals surface area contributed by atoms with Crippen LogP contribution in [0.4, 0.5) is 0 Å². The number of amides is 2. The Bertz CT molecular complexity index is 740. The average molecular weight is 316 g/mol. The SMILES string of the molecule is Cc1ccc(C=NNC(=O)c2cc(Cl)ccc2C(N)=O)cc1. The molecule has 0 fully saturated rings. The van der Waals surface area contributed by atoms with Gasteiger partial charge < -0.3 is 5.73 Å². The van der Waals surface area contributed by atoms with Crippen LogP contribution in [0.15, 0.2) is 47.6 Å². The second-order valence-corrected chi connectivity index (χ2v) is 5.10. The number of hydrazone groups is 1. The summed E-state index contributed by atoms with van der Waals surface area (Å²) in [4.78, 5) is 23.4. The van der Waals surface area contributed by atoms with Crippen molar-refractivity contribution in [3.63, 3.8) is 0 Å². The second-order valence-electron chi connectivity index (χ2n) is 4.66. The predicted molar refractivity (Wildman–Crippen MR) is 86.2 cm³/mol. The largest absolute Gasteiger partial charge is 0.366 e. The molecule has 2 aromatic carbocycles. The van der Waals surface area contributed by atoms with Crippen LogP contribution in [0.3, 0.4) is 0 Å². The maximum absolute atomic E-state index is 12.1. The average Bonchev–Trinajstić information content (AvgIpc) is 2.48. The first-order chi connectivity index (χ1) is 10.5. The summed E-state index contributed by atoms with van der Waals surface area (Å²) in [5.41, 5.74) is 9.73. The van der Waals surface area contributed by atoms with E-state index in [4.69, 9.17) is 17.3 Å². The van der Waals surface area contributed by atoms with E-state index in [9.17, 15) is 9.59 Å². The number of aryl methyl sites for hydroxylation is 1. The van der Waals surface area contributed by atoms with Gasteiger partial charge in [0.2, 0.25) is 5.91 Å². The van der Waals surface area contributed by atoms with Gasteiger partial charge in [-0.25, -0.2) is 5.43 Å². The van der Waals surface area contributed by atoms with Gasteiger partial charge in [-0.05, 0) is 30.7 Å². The maximum Gasteiger partial charge on any atom is 0.272 e. The van der Waals surface area contributed by atoms with Gasteiger partial charge in [0.1, 0.15) is 0 Å². The van der Waals surface area contributed by atoms with E-state index >= 15 is 0 Å². The number of carbonyl (C=O) groups excluding carboxylic acids is 2. The molecule has 6 heteroatoms. The number of nitrogens with one attached hydrogen (secondary N) is 1. The van der Waals surface area contributed by atoms with Gasteiger partial charge in [0, 0.05) is 5.02 Å². The monoisotopic (exact) mass is 315 g/mol. The van der Waals surface area contributed by atoms with Crippen LogP contribution in [-0.2, 0) is 0 Å². The van der Waals surface area contributed by atoms with Crippen molar-refractivity contribution >= 4 is 29.6 Å². The summed E-state index contributed by atoms with van der Waals surface area (Å²) in [6, 6.07) is 11.9. The van der Waals surface area contributed by atoms with E-state index in [-0.39, 0.29) is 11.1 Å². The summed E-state index contributed by atoms with van der Waals surface area (Å²) in [7, 11) is 0. The van der Waals surface area contributed by atoms with E-state index in [1.165, 1.54) is 24.4 Å². The Morgan fingerprint density at radius 3 is 2.45 bits per heavy atom. The molecule has 0 saturated carbocycles. The number of nitrogens with zero attached hydrogens (tertiary/aromatic N) is 1. The van der Waals surface area contributed by atoms with Crippen LogP contribution in [0.25, 0.3) is 0 Å². The van der Waals surface area contributed by atoms with Crippen molar-refractivity contribution in [3.8, 4) is 0 Å². The van der Waals surface area contributed by atoms with Gasteiger partial charge >= 0.3 is 0 Å². The van der Waals surface area contributed by atoms with Gasteiger partial charge in [0.25, 0.3) is 5.91 Å². The Kier molecular flexibility index (Phi) is 4.91. The second kappa shape index (κ2) is 6.87. The summed E-state index contributed by atoms with van der Waals surface area (Å²) < 4.78 is 0. The third-order valence-corrected chi connectivity index (χ3v) is 3.18. The predicted octanol–water partition coefficient (Wildman–Crippen LogP) is 2.51. The smallest absolute Gasteiger partial charge is 0.272 e. The third-order valence-electron chi connectivity index (χ3n) is 2.95. The van der Waals surface area contributed by atoms with Crippen LogP contribution in [-0.4, -0.2) is 18.0 Å². The molecule has 112 valence electrons. The van der Waals surface area contributed by atoms with E-state index in [0.29, 0.717) is 5.02 Å². The summed E-state index contributed by atoms with van der Waals surface area (Å²) >= 11 is 5.84. The molecule has 2 amide bonds. The highest BCUT2D eigenvalue weighted by molar-refractivity contribution is 6.31. The molecular weight excluding hydrogens is 302 g/mol. The molecule has 22 heavy (non-hydrogen) atoms. The minimum atomic E-state index is -0.704. The third kappa shape index (κ3) is 3.93. The molecule has 0 heterocycles. The molecule has 0 aromatic heterocycles. The molecule has 2 rings (SSSR count). The molecule has 0 aliphatic heterocycles. The zero-order valence-electron chi connectivity index (χ0n) is 11.8. The molecule has 0 radical (unpaired) electrons. The van der Waals surface area contributed by atoms with Gasteiger partial charge in [-0.3, -0.25) is 9.59 Å². The van der Waals surface area contributed by atoms with Crippen LogP contribution in [0, 0.1) is 6.92 Å². The Labute approximate surface area is 132 Å². The van der Waals surface area contributed by atoms with Crippen LogP contribution >= 0.6 is 11.6 Å². The lowest BCUT2D eigenvalue weighted by Crippen LogP contribution is -2.23. The van der Waals surface area contributed by atoms with Crippen molar-refractivity contribution in [2.24, 2.45) is 10.8 Å². The molecule has 0 unspecified atom stereocenters. The van der Waals surface area contributed by atoms with Crippen molar-refractivity contribution in [2.75, 3.05) is 0 Å². The standard InChI is InChI=1S/C16H14ClN3O2/c1-10-2-4-11(5-3-10)9-19-20-16(22)14-8-12(17)6-7-13(14)15(18)21/h2-9H,1H3,(H2,18,21)(H,20,22). The Hall–Kier alpha value is -2.66. The van der Waals surface area contributed by atoms with Crippen molar-refractivity contribution in [1.82, 2.24) is 5.43 Å². The van der Waals surface area contributed by atoms with E-state index in [1.54, 1.807) is 0 Å². The molecule has 0 bridgehead atoms. The zero-order valence-corrected chi connectivity index (χ0v) is 12.6. The van der Waals surface area contributed by atoms with Crippen molar-refractivity contribution in [3.05, 3.63) is 69.7 Å². The molecular formula is C16H14ClN3O2. The quantitative estimate of drug-likeness (QED) is 0.671. The lowest BCUT2D eigenvalue weighted by molar-refractivity contribution is 0.0937. The highest BCUT2D eigenvalue weighted by atomic mass is 35.5. The van der Waals surface area contributed by atoms with Gasteiger partial charge in [0.15, 0.2) is 0 Å². The normalized spacial score (nSPS) is 10.6. The first kappa shape index (κ1) is 15.7. The molecule has 0 saturated heterocycles. The molecule has 0 spiro atoms. The van der Waals surface area contributed by atoms with E-state index in [2.05, 4.69) is 10.5 Å². The Morgan fingerprint density at radius 2 is 1.82 bits per heavy atom. The molecule has 5 nitrogen and oxygen atoms in total. The summed E-state index contributed by atoms with van der Waals surface area (Å²) in [5.74, 6) is -1.26. The Morgan fingerprint density at radius 1 is 1.14 bits per heavy atom. The Balaban J connectivity index is 2.14. The van der Waals surface area contributed by atoms with Gasteiger partial charge in [-0.2, -0.15) is 5.10 Å². The molecule has 0 aliphatic rings. The fourth-order valence-electron chi connectivity index (χ4n) is 1.80. The number of carbonyl (C=O) groups is 2. The molecule has 0 atom stereocenters. The topological polar surface area (TPSA) is 84.6 Å². The van der Waals surface area contributed by atoms with Crippen molar-refractivity contribution in [2.45, 2.75) is 6.92 Å². The molecule has 0 aliphatic carbocycles. The number of benzene rings is 2.